The molecule has 0 spiro atoms. The molecule has 1 fully saturated rings. The first-order valence-electron chi connectivity index (χ1n) is 3.26. The fraction of sp³-hybridized carbons (Fsp3) is 0.500. The molecule has 0 bridgehead atoms. The molecule has 13 heavy (non-hydrogen) atoms. The molecule has 1 aliphatic rings. The lowest BCUT2D eigenvalue weighted by atomic mass is 9.87. The average Bonchev–Trinajstić information content (AvgIpc) is 1.98. The van der Waals surface area contributed by atoms with Gasteiger partial charge < -0.3 is 20.1 Å². The zero-order valence-corrected chi connectivity index (χ0v) is 6.26. The summed E-state index contributed by atoms with van der Waals surface area (Å²) in [5.74, 6) is -4.25. The number of rotatable bonds is 3. The molecule has 1 saturated heterocycles. The van der Waals surface area contributed by atoms with Crippen molar-refractivity contribution >= 4 is 17.9 Å². The molecule has 0 radical (unpaired) electrons. The summed E-state index contributed by atoms with van der Waals surface area (Å²) in [5, 5.41) is 25.9. The second-order valence-corrected chi connectivity index (χ2v) is 2.62. The van der Waals surface area contributed by atoms with Crippen LogP contribution in [0.25, 0.3) is 0 Å². The summed E-state index contributed by atoms with van der Waals surface area (Å²) in [4.78, 5) is 31.1. The van der Waals surface area contributed by atoms with Crippen LogP contribution in [0.15, 0.2) is 0 Å². The highest BCUT2D eigenvalue weighted by Crippen LogP contribution is 2.30. The van der Waals surface area contributed by atoms with Gasteiger partial charge in [-0.15, -0.1) is 0 Å². The highest BCUT2D eigenvalue weighted by molar-refractivity contribution is 5.98. The van der Waals surface area contributed by atoms with E-state index in [0.717, 1.165) is 0 Å². The Morgan fingerprint density at radius 1 is 1.46 bits per heavy atom. The van der Waals surface area contributed by atoms with E-state index in [9.17, 15) is 19.5 Å². The topological polar surface area (TPSA) is 121 Å². The molecule has 1 rings (SSSR count). The van der Waals surface area contributed by atoms with Crippen LogP contribution in [-0.4, -0.2) is 44.9 Å². The summed E-state index contributed by atoms with van der Waals surface area (Å²) in [6.07, 6.45) is -2.75. The molecule has 7 nitrogen and oxygen atoms in total. The van der Waals surface area contributed by atoms with Crippen molar-refractivity contribution in [2.24, 2.45) is 0 Å². The smallest absolute Gasteiger partial charge is 0.348 e. The standard InChI is InChI=1S/C6H6O7/c7-2(8)1-6(12)3(4(9)10)13-5(6)11/h3,12H,1H2,(H,7,8)(H,9,10)/t3-,6-/m0/s1. The lowest BCUT2D eigenvalue weighted by molar-refractivity contribution is -0.235. The van der Waals surface area contributed by atoms with Gasteiger partial charge >= 0.3 is 17.9 Å². The van der Waals surface area contributed by atoms with Gasteiger partial charge in [0.25, 0.3) is 0 Å². The molecule has 0 amide bonds. The fourth-order valence-corrected chi connectivity index (χ4v) is 1.01. The first-order valence-corrected chi connectivity index (χ1v) is 3.26. The van der Waals surface area contributed by atoms with Crippen molar-refractivity contribution in [2.45, 2.75) is 18.1 Å². The molecule has 3 N–H and O–H groups in total. The van der Waals surface area contributed by atoms with Gasteiger partial charge in [0.05, 0.1) is 6.42 Å². The van der Waals surface area contributed by atoms with Crippen molar-refractivity contribution < 1.29 is 34.4 Å². The lowest BCUT2D eigenvalue weighted by Gasteiger charge is -2.38. The summed E-state index contributed by atoms with van der Waals surface area (Å²) in [5.41, 5.74) is -2.42. The molecule has 0 aromatic heterocycles. The first-order chi connectivity index (χ1) is 5.88. The third-order valence-electron chi connectivity index (χ3n) is 1.66. The Balaban J connectivity index is 2.79. The van der Waals surface area contributed by atoms with Crippen LogP contribution < -0.4 is 0 Å². The minimum Gasteiger partial charge on any atom is -0.481 e. The van der Waals surface area contributed by atoms with E-state index in [1.54, 1.807) is 0 Å². The zero-order chi connectivity index (χ0) is 10.2. The monoisotopic (exact) mass is 190 g/mol. The van der Waals surface area contributed by atoms with E-state index in [-0.39, 0.29) is 0 Å². The van der Waals surface area contributed by atoms with Gasteiger partial charge in [-0.2, -0.15) is 0 Å². The van der Waals surface area contributed by atoms with Crippen LogP contribution in [0.3, 0.4) is 0 Å². The van der Waals surface area contributed by atoms with Crippen molar-refractivity contribution in [3.8, 4) is 0 Å². The van der Waals surface area contributed by atoms with E-state index < -0.39 is 36.0 Å². The predicted molar refractivity (Wildman–Crippen MR) is 34.7 cm³/mol. The fourth-order valence-electron chi connectivity index (χ4n) is 1.01. The summed E-state index contributed by atoms with van der Waals surface area (Å²) in [7, 11) is 0. The number of ether oxygens (including phenoxy) is 1. The molecule has 1 aliphatic heterocycles. The van der Waals surface area contributed by atoms with E-state index in [2.05, 4.69) is 4.74 Å². The van der Waals surface area contributed by atoms with Crippen LogP contribution in [0, 0.1) is 0 Å². The summed E-state index contributed by atoms with van der Waals surface area (Å²) in [6.45, 7) is 0. The van der Waals surface area contributed by atoms with Gasteiger partial charge in [-0.3, -0.25) is 4.79 Å². The van der Waals surface area contributed by atoms with E-state index in [1.807, 2.05) is 0 Å². The summed E-state index contributed by atoms with van der Waals surface area (Å²) < 4.78 is 4.07. The van der Waals surface area contributed by atoms with Crippen molar-refractivity contribution in [3.63, 3.8) is 0 Å². The highest BCUT2D eigenvalue weighted by atomic mass is 16.6. The minimum atomic E-state index is -2.42. The van der Waals surface area contributed by atoms with Crippen LogP contribution >= 0.6 is 0 Å². The molecule has 0 saturated carbocycles. The maximum Gasteiger partial charge on any atom is 0.348 e. The van der Waals surface area contributed by atoms with Gasteiger partial charge in [0.15, 0.2) is 0 Å². The average molecular weight is 190 g/mol. The number of aliphatic hydroxyl groups is 1. The second-order valence-electron chi connectivity index (χ2n) is 2.62. The number of carbonyl (C=O) groups is 3. The Labute approximate surface area is 71.5 Å². The van der Waals surface area contributed by atoms with Gasteiger partial charge in [0.1, 0.15) is 0 Å². The quantitative estimate of drug-likeness (QED) is 0.449. The maximum absolute atomic E-state index is 10.6. The van der Waals surface area contributed by atoms with Crippen LogP contribution in [0.1, 0.15) is 6.42 Å². The van der Waals surface area contributed by atoms with E-state index in [1.165, 1.54) is 0 Å². The molecule has 0 aromatic rings. The molecule has 0 unspecified atom stereocenters. The lowest BCUT2D eigenvalue weighted by Crippen LogP contribution is -2.66. The van der Waals surface area contributed by atoms with E-state index in [4.69, 9.17) is 10.2 Å². The van der Waals surface area contributed by atoms with Crippen LogP contribution in [-0.2, 0) is 19.1 Å². The molecule has 72 valence electrons. The Kier molecular flexibility index (Phi) is 1.96. The number of carbonyl (C=O) groups excluding carboxylic acids is 1. The third-order valence-corrected chi connectivity index (χ3v) is 1.66. The van der Waals surface area contributed by atoms with Gasteiger partial charge in [-0.1, -0.05) is 0 Å². The van der Waals surface area contributed by atoms with Gasteiger partial charge in [0.2, 0.25) is 11.7 Å². The Bertz CT molecular complexity index is 283. The summed E-state index contributed by atoms with van der Waals surface area (Å²) >= 11 is 0. The molecule has 2 atom stereocenters. The largest absolute Gasteiger partial charge is 0.481 e. The van der Waals surface area contributed by atoms with Gasteiger partial charge in [-0.25, -0.2) is 9.59 Å². The number of esters is 1. The molecule has 0 aromatic carbocycles. The van der Waals surface area contributed by atoms with Crippen molar-refractivity contribution in [1.82, 2.24) is 0 Å². The van der Waals surface area contributed by atoms with Gasteiger partial charge in [0, 0.05) is 0 Å². The zero-order valence-electron chi connectivity index (χ0n) is 6.26. The molecular weight excluding hydrogens is 184 g/mol. The normalized spacial score (nSPS) is 31.8. The first kappa shape index (κ1) is 9.46. The van der Waals surface area contributed by atoms with Crippen LogP contribution in [0.2, 0.25) is 0 Å². The van der Waals surface area contributed by atoms with Crippen LogP contribution in [0.5, 0.6) is 0 Å². The van der Waals surface area contributed by atoms with Crippen molar-refractivity contribution in [1.29, 1.82) is 0 Å². The third kappa shape index (κ3) is 1.33. The summed E-state index contributed by atoms with van der Waals surface area (Å²) in [6, 6.07) is 0. The molecule has 0 aliphatic carbocycles. The SMILES string of the molecule is O=C(O)C[C@@]1(O)C(=O)O[C@H]1C(=O)O. The highest BCUT2D eigenvalue weighted by Gasteiger charge is 2.62. The van der Waals surface area contributed by atoms with Crippen LogP contribution in [0.4, 0.5) is 0 Å². The predicted octanol–water partition coefficient (Wildman–Crippen LogP) is -1.80. The van der Waals surface area contributed by atoms with Crippen molar-refractivity contribution in [2.75, 3.05) is 0 Å². The molecule has 7 heteroatoms. The molecule has 1 heterocycles. The number of aliphatic carboxylic acids is 2. The Morgan fingerprint density at radius 3 is 2.31 bits per heavy atom. The Morgan fingerprint density at radius 2 is 2.00 bits per heavy atom. The minimum absolute atomic E-state index is 0.969. The van der Waals surface area contributed by atoms with E-state index >= 15 is 0 Å². The second kappa shape index (κ2) is 2.70. The van der Waals surface area contributed by atoms with Crippen molar-refractivity contribution in [3.05, 3.63) is 0 Å². The Hall–Kier alpha value is -1.63. The molecular formula is C6H6O7. The van der Waals surface area contributed by atoms with E-state index in [0.29, 0.717) is 0 Å². The number of carboxylic acid groups (broad SMARTS) is 2. The number of hydrogen-bond acceptors (Lipinski definition) is 5. The van der Waals surface area contributed by atoms with Gasteiger partial charge in [-0.05, 0) is 0 Å². The number of cyclic esters (lactones) is 1. The number of hydrogen-bond donors (Lipinski definition) is 3. The maximum atomic E-state index is 10.6. The number of carboxylic acids is 2.